The van der Waals surface area contributed by atoms with Gasteiger partial charge in [0.1, 0.15) is 0 Å². The summed E-state index contributed by atoms with van der Waals surface area (Å²) in [5.74, 6) is 0.646. The van der Waals surface area contributed by atoms with Gasteiger partial charge in [0.2, 0.25) is 0 Å². The van der Waals surface area contributed by atoms with E-state index in [0.717, 1.165) is 32.6 Å². The average Bonchev–Trinajstić information content (AvgIpc) is 2.28. The van der Waals surface area contributed by atoms with Gasteiger partial charge in [0.15, 0.2) is 0 Å². The van der Waals surface area contributed by atoms with E-state index in [1.54, 1.807) is 0 Å². The Labute approximate surface area is 105 Å². The van der Waals surface area contributed by atoms with Crippen LogP contribution in [0.15, 0.2) is 0 Å². The zero-order valence-electron chi connectivity index (χ0n) is 11.7. The quantitative estimate of drug-likeness (QED) is 0.814. The van der Waals surface area contributed by atoms with E-state index in [0.29, 0.717) is 12.0 Å². The zero-order valence-corrected chi connectivity index (χ0v) is 11.7. The molecule has 0 spiro atoms. The fraction of sp³-hybridized carbons (Fsp3) is 0.923. The fourth-order valence-electron chi connectivity index (χ4n) is 2.08. The van der Waals surface area contributed by atoms with Crippen LogP contribution in [-0.4, -0.2) is 55.1 Å². The van der Waals surface area contributed by atoms with Crippen molar-refractivity contribution in [3.63, 3.8) is 0 Å². The van der Waals surface area contributed by atoms with Crippen molar-refractivity contribution in [3.05, 3.63) is 0 Å². The number of urea groups is 1. The molecule has 1 unspecified atom stereocenters. The summed E-state index contributed by atoms with van der Waals surface area (Å²) in [6.07, 6.45) is 2.39. The maximum Gasteiger partial charge on any atom is 0.317 e. The SMILES string of the molecule is CC1CCCN(C(=O)NCCN(C)C(C)C)C1. The van der Waals surface area contributed by atoms with Crippen LogP contribution in [0.1, 0.15) is 33.6 Å². The van der Waals surface area contributed by atoms with Crippen LogP contribution in [0.25, 0.3) is 0 Å². The lowest BCUT2D eigenvalue weighted by atomic mass is 10.0. The van der Waals surface area contributed by atoms with Crippen LogP contribution in [0, 0.1) is 5.92 Å². The minimum atomic E-state index is 0.105. The lowest BCUT2D eigenvalue weighted by Crippen LogP contribution is -2.47. The lowest BCUT2D eigenvalue weighted by molar-refractivity contribution is 0.167. The monoisotopic (exact) mass is 241 g/mol. The van der Waals surface area contributed by atoms with Gasteiger partial charge < -0.3 is 15.1 Å². The van der Waals surface area contributed by atoms with Crippen molar-refractivity contribution in [2.75, 3.05) is 33.2 Å². The number of rotatable bonds is 4. The number of nitrogens with zero attached hydrogens (tertiary/aromatic N) is 2. The van der Waals surface area contributed by atoms with Crippen molar-refractivity contribution in [1.82, 2.24) is 15.1 Å². The molecule has 0 radical (unpaired) electrons. The summed E-state index contributed by atoms with van der Waals surface area (Å²) in [5.41, 5.74) is 0. The molecule has 0 aromatic heterocycles. The van der Waals surface area contributed by atoms with Crippen LogP contribution in [-0.2, 0) is 0 Å². The minimum absolute atomic E-state index is 0.105. The standard InChI is InChI=1S/C13H27N3O/c1-11(2)15(4)9-7-14-13(17)16-8-5-6-12(3)10-16/h11-12H,5-10H2,1-4H3,(H,14,17). The van der Waals surface area contributed by atoms with Gasteiger partial charge in [-0.25, -0.2) is 4.79 Å². The topological polar surface area (TPSA) is 35.6 Å². The Hall–Kier alpha value is -0.770. The van der Waals surface area contributed by atoms with Crippen LogP contribution in [0.2, 0.25) is 0 Å². The second kappa shape index (κ2) is 6.84. The van der Waals surface area contributed by atoms with Crippen LogP contribution in [0.5, 0.6) is 0 Å². The fourth-order valence-corrected chi connectivity index (χ4v) is 2.08. The number of likely N-dealkylation sites (N-methyl/N-ethyl adjacent to an activating group) is 1. The maximum atomic E-state index is 11.9. The molecule has 0 aromatic rings. The molecule has 4 nitrogen and oxygen atoms in total. The molecule has 17 heavy (non-hydrogen) atoms. The molecule has 1 fully saturated rings. The van der Waals surface area contributed by atoms with Crippen molar-refractivity contribution in [1.29, 1.82) is 0 Å². The van der Waals surface area contributed by atoms with Crippen LogP contribution in [0.4, 0.5) is 4.79 Å². The molecule has 1 aliphatic heterocycles. The Morgan fingerprint density at radius 3 is 2.82 bits per heavy atom. The molecular weight excluding hydrogens is 214 g/mol. The third-order valence-corrected chi connectivity index (χ3v) is 3.57. The summed E-state index contributed by atoms with van der Waals surface area (Å²) in [7, 11) is 2.08. The molecule has 1 atom stereocenters. The summed E-state index contributed by atoms with van der Waals surface area (Å²) in [6.45, 7) is 10.0. The number of nitrogens with one attached hydrogen (secondary N) is 1. The van der Waals surface area contributed by atoms with Gasteiger partial charge >= 0.3 is 6.03 Å². The van der Waals surface area contributed by atoms with Gasteiger partial charge in [0.05, 0.1) is 0 Å². The number of amides is 2. The highest BCUT2D eigenvalue weighted by Gasteiger charge is 2.20. The molecule has 1 N–H and O–H groups in total. The predicted octanol–water partition coefficient (Wildman–Crippen LogP) is 1.77. The highest BCUT2D eigenvalue weighted by Crippen LogP contribution is 2.14. The molecular formula is C13H27N3O. The van der Waals surface area contributed by atoms with Gasteiger partial charge in [-0.2, -0.15) is 0 Å². The Morgan fingerprint density at radius 1 is 1.53 bits per heavy atom. The van der Waals surface area contributed by atoms with Crippen molar-refractivity contribution in [2.45, 2.75) is 39.7 Å². The molecule has 0 saturated carbocycles. The van der Waals surface area contributed by atoms with Crippen LogP contribution >= 0.6 is 0 Å². The smallest absolute Gasteiger partial charge is 0.317 e. The van der Waals surface area contributed by atoms with Crippen LogP contribution in [0.3, 0.4) is 0 Å². The molecule has 100 valence electrons. The highest BCUT2D eigenvalue weighted by atomic mass is 16.2. The van der Waals surface area contributed by atoms with Gasteiger partial charge in [-0.15, -0.1) is 0 Å². The van der Waals surface area contributed by atoms with Gasteiger partial charge in [-0.3, -0.25) is 0 Å². The van der Waals surface area contributed by atoms with Gasteiger partial charge in [0, 0.05) is 32.2 Å². The van der Waals surface area contributed by atoms with Crippen LogP contribution < -0.4 is 5.32 Å². The first kappa shape index (κ1) is 14.3. The van der Waals surface area contributed by atoms with E-state index < -0.39 is 0 Å². The summed E-state index contributed by atoms with van der Waals surface area (Å²) in [4.78, 5) is 16.1. The number of likely N-dealkylation sites (tertiary alicyclic amines) is 1. The molecule has 2 amide bonds. The number of hydrogen-bond donors (Lipinski definition) is 1. The van der Waals surface area contributed by atoms with E-state index in [1.807, 2.05) is 4.90 Å². The number of carbonyl (C=O) groups is 1. The average molecular weight is 241 g/mol. The second-order valence-corrected chi connectivity index (χ2v) is 5.50. The number of piperidine rings is 1. The van der Waals surface area contributed by atoms with Gasteiger partial charge in [0.25, 0.3) is 0 Å². The third-order valence-electron chi connectivity index (χ3n) is 3.57. The first-order valence-electron chi connectivity index (χ1n) is 6.73. The lowest BCUT2D eigenvalue weighted by Gasteiger charge is -2.31. The Morgan fingerprint density at radius 2 is 2.24 bits per heavy atom. The van der Waals surface area contributed by atoms with E-state index in [9.17, 15) is 4.79 Å². The van der Waals surface area contributed by atoms with Gasteiger partial charge in [-0.1, -0.05) is 6.92 Å². The largest absolute Gasteiger partial charge is 0.337 e. The maximum absolute atomic E-state index is 11.9. The van der Waals surface area contributed by atoms with Gasteiger partial charge in [-0.05, 0) is 39.7 Å². The van der Waals surface area contributed by atoms with E-state index >= 15 is 0 Å². The summed E-state index contributed by atoms with van der Waals surface area (Å²) in [6, 6.07) is 0.635. The normalized spacial score (nSPS) is 21.1. The predicted molar refractivity (Wildman–Crippen MR) is 71.1 cm³/mol. The first-order chi connectivity index (χ1) is 8.00. The zero-order chi connectivity index (χ0) is 12.8. The molecule has 1 saturated heterocycles. The molecule has 0 bridgehead atoms. The van der Waals surface area contributed by atoms with Crippen molar-refractivity contribution >= 4 is 6.03 Å². The van der Waals surface area contributed by atoms with Crippen molar-refractivity contribution in [3.8, 4) is 0 Å². The third kappa shape index (κ3) is 4.94. The summed E-state index contributed by atoms with van der Waals surface area (Å²) < 4.78 is 0. The molecule has 1 heterocycles. The highest BCUT2D eigenvalue weighted by molar-refractivity contribution is 5.74. The Kier molecular flexibility index (Phi) is 5.75. The minimum Gasteiger partial charge on any atom is -0.337 e. The van der Waals surface area contributed by atoms with E-state index in [-0.39, 0.29) is 6.03 Å². The molecule has 1 aliphatic rings. The Bertz CT molecular complexity index is 243. The number of hydrogen-bond acceptors (Lipinski definition) is 2. The Balaban J connectivity index is 2.20. The second-order valence-electron chi connectivity index (χ2n) is 5.50. The summed E-state index contributed by atoms with van der Waals surface area (Å²) in [5, 5.41) is 3.00. The molecule has 0 aromatic carbocycles. The van der Waals surface area contributed by atoms with Crippen molar-refractivity contribution in [2.24, 2.45) is 5.92 Å². The first-order valence-corrected chi connectivity index (χ1v) is 6.73. The van der Waals surface area contributed by atoms with E-state index in [1.165, 1.54) is 6.42 Å². The molecule has 1 rings (SSSR count). The summed E-state index contributed by atoms with van der Waals surface area (Å²) >= 11 is 0. The van der Waals surface area contributed by atoms with E-state index in [2.05, 4.69) is 38.0 Å². The molecule has 4 heteroatoms. The van der Waals surface area contributed by atoms with E-state index in [4.69, 9.17) is 0 Å². The molecule has 0 aliphatic carbocycles. The van der Waals surface area contributed by atoms with Crippen molar-refractivity contribution < 1.29 is 4.79 Å². The number of carbonyl (C=O) groups excluding carboxylic acids is 1.